The lowest BCUT2D eigenvalue weighted by Crippen LogP contribution is -2.07. The van der Waals surface area contributed by atoms with E-state index >= 15 is 0 Å². The van der Waals surface area contributed by atoms with Crippen LogP contribution in [0.5, 0.6) is 5.75 Å². The standard InChI is InChI=1S/C25H25N3O2/c1-17-9-11-20(12-10-17)25-28-27-24(30-25)18(2)26-22-13-14-23(29-3)21(16-22)15-19-7-5-4-6-8-19/h4-14,16,18,26H,15H2,1-3H3. The third-order valence-electron chi connectivity index (χ3n) is 5.01. The van der Waals surface area contributed by atoms with Crippen molar-refractivity contribution in [2.45, 2.75) is 26.3 Å². The van der Waals surface area contributed by atoms with Gasteiger partial charge in [-0.3, -0.25) is 0 Å². The summed E-state index contributed by atoms with van der Waals surface area (Å²) in [6.45, 7) is 4.06. The van der Waals surface area contributed by atoms with Crippen LogP contribution in [-0.2, 0) is 6.42 Å². The molecule has 0 saturated carbocycles. The number of anilines is 1. The Balaban J connectivity index is 1.51. The molecular weight excluding hydrogens is 374 g/mol. The molecule has 5 heteroatoms. The van der Waals surface area contributed by atoms with Crippen LogP contribution in [0, 0.1) is 6.92 Å². The molecule has 30 heavy (non-hydrogen) atoms. The molecule has 4 aromatic rings. The molecule has 0 saturated heterocycles. The molecule has 0 aliphatic carbocycles. The van der Waals surface area contributed by atoms with Gasteiger partial charge in [-0.05, 0) is 49.7 Å². The minimum atomic E-state index is -0.130. The lowest BCUT2D eigenvalue weighted by atomic mass is 10.0. The van der Waals surface area contributed by atoms with Gasteiger partial charge in [0.2, 0.25) is 11.8 Å². The SMILES string of the molecule is COc1ccc(NC(C)c2nnc(-c3ccc(C)cc3)o2)cc1Cc1ccccc1. The fraction of sp³-hybridized carbons (Fsp3) is 0.200. The van der Waals surface area contributed by atoms with Crippen molar-refractivity contribution in [1.82, 2.24) is 10.2 Å². The van der Waals surface area contributed by atoms with Crippen molar-refractivity contribution in [3.8, 4) is 17.2 Å². The lowest BCUT2D eigenvalue weighted by molar-refractivity contribution is 0.410. The Morgan fingerprint density at radius 1 is 0.967 bits per heavy atom. The molecule has 0 amide bonds. The smallest absolute Gasteiger partial charge is 0.247 e. The van der Waals surface area contributed by atoms with Crippen LogP contribution in [0.25, 0.3) is 11.5 Å². The van der Waals surface area contributed by atoms with E-state index in [2.05, 4.69) is 40.6 Å². The second kappa shape index (κ2) is 8.82. The highest BCUT2D eigenvalue weighted by atomic mass is 16.5. The van der Waals surface area contributed by atoms with Crippen molar-refractivity contribution in [3.63, 3.8) is 0 Å². The normalized spacial score (nSPS) is 11.8. The summed E-state index contributed by atoms with van der Waals surface area (Å²) < 4.78 is 11.5. The van der Waals surface area contributed by atoms with Crippen molar-refractivity contribution in [3.05, 3.63) is 95.4 Å². The van der Waals surface area contributed by atoms with Gasteiger partial charge >= 0.3 is 0 Å². The van der Waals surface area contributed by atoms with Crippen LogP contribution in [0.2, 0.25) is 0 Å². The molecule has 4 rings (SSSR count). The van der Waals surface area contributed by atoms with Gasteiger partial charge in [-0.2, -0.15) is 0 Å². The molecule has 0 bridgehead atoms. The average Bonchev–Trinajstić information content (AvgIpc) is 3.26. The first-order chi connectivity index (χ1) is 14.6. The molecular formula is C25H25N3O2. The lowest BCUT2D eigenvalue weighted by Gasteiger charge is -2.15. The van der Waals surface area contributed by atoms with E-state index in [4.69, 9.17) is 9.15 Å². The summed E-state index contributed by atoms with van der Waals surface area (Å²) >= 11 is 0. The van der Waals surface area contributed by atoms with E-state index in [0.29, 0.717) is 11.8 Å². The maximum Gasteiger partial charge on any atom is 0.247 e. The second-order valence-electron chi connectivity index (χ2n) is 7.37. The first-order valence-corrected chi connectivity index (χ1v) is 10.00. The van der Waals surface area contributed by atoms with Crippen LogP contribution < -0.4 is 10.1 Å². The van der Waals surface area contributed by atoms with Crippen molar-refractivity contribution in [1.29, 1.82) is 0 Å². The van der Waals surface area contributed by atoms with Crippen molar-refractivity contribution in [2.24, 2.45) is 0 Å². The minimum Gasteiger partial charge on any atom is -0.496 e. The topological polar surface area (TPSA) is 60.2 Å². The average molecular weight is 399 g/mol. The highest BCUT2D eigenvalue weighted by molar-refractivity contribution is 5.54. The Morgan fingerprint density at radius 3 is 2.47 bits per heavy atom. The summed E-state index contributed by atoms with van der Waals surface area (Å²) in [6.07, 6.45) is 0.798. The minimum absolute atomic E-state index is 0.130. The Kier molecular flexibility index (Phi) is 5.80. The summed E-state index contributed by atoms with van der Waals surface area (Å²) in [4.78, 5) is 0. The molecule has 0 aliphatic rings. The molecule has 1 unspecified atom stereocenters. The Morgan fingerprint density at radius 2 is 1.73 bits per heavy atom. The van der Waals surface area contributed by atoms with Gasteiger partial charge in [0.1, 0.15) is 11.8 Å². The largest absolute Gasteiger partial charge is 0.496 e. The van der Waals surface area contributed by atoms with E-state index in [1.165, 1.54) is 11.1 Å². The van der Waals surface area contributed by atoms with E-state index in [0.717, 1.165) is 29.0 Å². The number of hydrogen-bond donors (Lipinski definition) is 1. The maximum atomic E-state index is 5.90. The molecule has 5 nitrogen and oxygen atoms in total. The monoisotopic (exact) mass is 399 g/mol. The van der Waals surface area contributed by atoms with Gasteiger partial charge in [0.25, 0.3) is 0 Å². The van der Waals surface area contributed by atoms with Gasteiger partial charge in [-0.1, -0.05) is 48.0 Å². The number of rotatable bonds is 7. The van der Waals surface area contributed by atoms with Gasteiger partial charge in [0.15, 0.2) is 0 Å². The number of aryl methyl sites for hydroxylation is 1. The van der Waals surface area contributed by atoms with Crippen LogP contribution in [0.4, 0.5) is 5.69 Å². The highest BCUT2D eigenvalue weighted by Crippen LogP contribution is 2.28. The van der Waals surface area contributed by atoms with Crippen molar-refractivity contribution < 1.29 is 9.15 Å². The van der Waals surface area contributed by atoms with Crippen molar-refractivity contribution >= 4 is 5.69 Å². The Labute approximate surface area is 176 Å². The van der Waals surface area contributed by atoms with Gasteiger partial charge in [-0.25, -0.2) is 0 Å². The molecule has 3 aromatic carbocycles. The van der Waals surface area contributed by atoms with Gasteiger partial charge in [0.05, 0.1) is 7.11 Å². The van der Waals surface area contributed by atoms with Crippen LogP contribution in [-0.4, -0.2) is 17.3 Å². The molecule has 1 heterocycles. The zero-order valence-electron chi connectivity index (χ0n) is 17.4. The summed E-state index contributed by atoms with van der Waals surface area (Å²) in [5, 5.41) is 11.9. The second-order valence-corrected chi connectivity index (χ2v) is 7.37. The van der Waals surface area contributed by atoms with Crippen LogP contribution >= 0.6 is 0 Å². The number of ether oxygens (including phenoxy) is 1. The summed E-state index contributed by atoms with van der Waals surface area (Å²) in [6, 6.07) is 24.4. The summed E-state index contributed by atoms with van der Waals surface area (Å²) in [7, 11) is 1.70. The summed E-state index contributed by atoms with van der Waals surface area (Å²) in [5.74, 6) is 1.95. The fourth-order valence-electron chi connectivity index (χ4n) is 3.36. The molecule has 0 aliphatic heterocycles. The molecule has 0 fully saturated rings. The molecule has 1 N–H and O–H groups in total. The first-order valence-electron chi connectivity index (χ1n) is 10.00. The number of nitrogens with zero attached hydrogens (tertiary/aromatic N) is 2. The van der Waals surface area contributed by atoms with E-state index in [1.807, 2.05) is 61.5 Å². The van der Waals surface area contributed by atoms with Gasteiger partial charge < -0.3 is 14.5 Å². The maximum absolute atomic E-state index is 5.90. The van der Waals surface area contributed by atoms with Crippen LogP contribution in [0.15, 0.2) is 77.2 Å². The summed E-state index contributed by atoms with van der Waals surface area (Å²) in [5.41, 5.74) is 5.44. The molecule has 0 radical (unpaired) electrons. The fourth-order valence-corrected chi connectivity index (χ4v) is 3.36. The van der Waals surface area contributed by atoms with Gasteiger partial charge in [-0.15, -0.1) is 10.2 Å². The predicted octanol–water partition coefficient (Wildman–Crippen LogP) is 5.82. The third kappa shape index (κ3) is 4.51. The quantitative estimate of drug-likeness (QED) is 0.424. The number of benzene rings is 3. The predicted molar refractivity (Wildman–Crippen MR) is 119 cm³/mol. The number of aromatic nitrogens is 2. The molecule has 1 aromatic heterocycles. The van der Waals surface area contributed by atoms with Crippen molar-refractivity contribution in [2.75, 3.05) is 12.4 Å². The zero-order chi connectivity index (χ0) is 20.9. The Hall–Kier alpha value is -3.60. The number of hydrogen-bond acceptors (Lipinski definition) is 5. The molecule has 1 atom stereocenters. The van der Waals surface area contributed by atoms with E-state index in [9.17, 15) is 0 Å². The molecule has 0 spiro atoms. The van der Waals surface area contributed by atoms with Gasteiger partial charge in [0, 0.05) is 23.2 Å². The van der Waals surface area contributed by atoms with Crippen LogP contribution in [0.3, 0.4) is 0 Å². The number of methoxy groups -OCH3 is 1. The highest BCUT2D eigenvalue weighted by Gasteiger charge is 2.16. The van der Waals surface area contributed by atoms with E-state index in [-0.39, 0.29) is 6.04 Å². The third-order valence-corrected chi connectivity index (χ3v) is 5.01. The molecule has 152 valence electrons. The zero-order valence-corrected chi connectivity index (χ0v) is 17.4. The first kappa shape index (κ1) is 19.7. The number of nitrogens with one attached hydrogen (secondary N) is 1. The van der Waals surface area contributed by atoms with E-state index < -0.39 is 0 Å². The Bertz CT molecular complexity index is 1100. The van der Waals surface area contributed by atoms with E-state index in [1.54, 1.807) is 7.11 Å². The van der Waals surface area contributed by atoms with Crippen LogP contribution in [0.1, 0.15) is 35.5 Å².